The average Bonchev–Trinajstić information content (AvgIpc) is 2.78. The van der Waals surface area contributed by atoms with Crippen molar-refractivity contribution in [3.63, 3.8) is 0 Å². The van der Waals surface area contributed by atoms with E-state index < -0.39 is 11.6 Å². The zero-order valence-electron chi connectivity index (χ0n) is 17.9. The second-order valence-electron chi connectivity index (χ2n) is 8.55. The first kappa shape index (κ1) is 19.9. The van der Waals surface area contributed by atoms with E-state index in [0.717, 1.165) is 18.7 Å². The van der Waals surface area contributed by atoms with Crippen LogP contribution in [0.1, 0.15) is 28.3 Å². The SMILES string of the molecule is COc1ccccc1C(=O)[C@H]1C(=O)N[C@@]23CCN(C)C[C@@H]2[C@@H]1c1cccc(OC)c1O3. The van der Waals surface area contributed by atoms with Gasteiger partial charge in [-0.1, -0.05) is 24.3 Å². The highest BCUT2D eigenvalue weighted by Gasteiger charge is 2.62. The van der Waals surface area contributed by atoms with Gasteiger partial charge in [-0.05, 0) is 25.2 Å². The van der Waals surface area contributed by atoms with E-state index in [0.29, 0.717) is 29.2 Å². The summed E-state index contributed by atoms with van der Waals surface area (Å²) in [5, 5.41) is 3.11. The Hall–Kier alpha value is -3.06. The maximum Gasteiger partial charge on any atom is 0.234 e. The highest BCUT2D eigenvalue weighted by atomic mass is 16.5. The number of ether oxygens (including phenoxy) is 3. The zero-order chi connectivity index (χ0) is 21.8. The van der Waals surface area contributed by atoms with E-state index in [4.69, 9.17) is 14.2 Å². The maximum absolute atomic E-state index is 13.8. The van der Waals surface area contributed by atoms with E-state index >= 15 is 0 Å². The third-order valence-corrected chi connectivity index (χ3v) is 6.91. The van der Waals surface area contributed by atoms with Gasteiger partial charge in [0.15, 0.2) is 23.0 Å². The number of likely N-dealkylation sites (tertiary alicyclic amines) is 1. The summed E-state index contributed by atoms with van der Waals surface area (Å²) < 4.78 is 17.5. The van der Waals surface area contributed by atoms with Crippen molar-refractivity contribution in [1.29, 1.82) is 0 Å². The van der Waals surface area contributed by atoms with E-state index in [-0.39, 0.29) is 23.5 Å². The molecule has 2 bridgehead atoms. The van der Waals surface area contributed by atoms with Gasteiger partial charge in [0, 0.05) is 36.9 Å². The van der Waals surface area contributed by atoms with Crippen molar-refractivity contribution in [1.82, 2.24) is 10.2 Å². The number of methoxy groups -OCH3 is 2. The van der Waals surface area contributed by atoms with Crippen LogP contribution in [-0.2, 0) is 4.79 Å². The average molecular weight is 422 g/mol. The molecule has 2 saturated heterocycles. The summed E-state index contributed by atoms with van der Waals surface area (Å²) in [7, 11) is 5.19. The van der Waals surface area contributed by atoms with Crippen LogP contribution in [0.15, 0.2) is 42.5 Å². The molecule has 0 aliphatic carbocycles. The van der Waals surface area contributed by atoms with Crippen LogP contribution in [0.5, 0.6) is 17.2 Å². The molecule has 1 N–H and O–H groups in total. The van der Waals surface area contributed by atoms with Crippen LogP contribution in [0.2, 0.25) is 0 Å². The highest BCUT2D eigenvalue weighted by Crippen LogP contribution is 2.56. The van der Waals surface area contributed by atoms with Gasteiger partial charge in [-0.15, -0.1) is 0 Å². The molecule has 5 rings (SSSR count). The molecule has 1 amide bonds. The standard InChI is InChI=1S/C24H26N2O5/c1-26-12-11-24-16(13-26)19(15-8-6-10-18(30-3)22(15)31-24)20(23(28)25-24)21(27)14-7-4-5-9-17(14)29-2/h4-10,16,19-20H,11-13H2,1-3H3,(H,25,28)/t16-,19+,20+,24-/m1/s1. The molecular formula is C24H26N2O5. The number of ketones is 1. The summed E-state index contributed by atoms with van der Waals surface area (Å²) in [6, 6.07) is 12.7. The Morgan fingerprint density at radius 2 is 1.87 bits per heavy atom. The number of hydrogen-bond donors (Lipinski definition) is 1. The van der Waals surface area contributed by atoms with Crippen molar-refractivity contribution in [2.24, 2.45) is 11.8 Å². The number of hydrogen-bond acceptors (Lipinski definition) is 6. The minimum absolute atomic E-state index is 0.0628. The van der Waals surface area contributed by atoms with Crippen molar-refractivity contribution in [3.05, 3.63) is 53.6 Å². The molecule has 7 heteroatoms. The Kier molecular flexibility index (Phi) is 4.66. The van der Waals surface area contributed by atoms with Crippen LogP contribution >= 0.6 is 0 Å². The van der Waals surface area contributed by atoms with E-state index in [2.05, 4.69) is 17.3 Å². The number of carbonyl (C=O) groups is 2. The molecule has 0 saturated carbocycles. The van der Waals surface area contributed by atoms with Crippen LogP contribution in [0, 0.1) is 11.8 Å². The summed E-state index contributed by atoms with van der Waals surface area (Å²) in [4.78, 5) is 29.4. The van der Waals surface area contributed by atoms with Gasteiger partial charge in [0.2, 0.25) is 5.91 Å². The number of nitrogens with zero attached hydrogens (tertiary/aromatic N) is 1. The first-order chi connectivity index (χ1) is 15.0. The third-order valence-electron chi connectivity index (χ3n) is 6.91. The molecule has 0 aromatic heterocycles. The summed E-state index contributed by atoms with van der Waals surface area (Å²) in [6.45, 7) is 1.51. The lowest BCUT2D eigenvalue weighted by molar-refractivity contribution is -0.158. The number of amides is 1. The van der Waals surface area contributed by atoms with Gasteiger partial charge in [0.25, 0.3) is 0 Å². The first-order valence-electron chi connectivity index (χ1n) is 10.5. The van der Waals surface area contributed by atoms with Gasteiger partial charge >= 0.3 is 0 Å². The van der Waals surface area contributed by atoms with Gasteiger partial charge in [0.1, 0.15) is 11.7 Å². The van der Waals surface area contributed by atoms with E-state index in [1.165, 1.54) is 7.11 Å². The molecule has 31 heavy (non-hydrogen) atoms. The van der Waals surface area contributed by atoms with Crippen molar-refractivity contribution in [2.75, 3.05) is 34.4 Å². The number of para-hydroxylation sites is 2. The summed E-state index contributed by atoms with van der Waals surface area (Å²) in [6.07, 6.45) is 0.642. The number of benzene rings is 2. The number of Topliss-reactive ketones (excluding diaryl/α,β-unsaturated/α-hetero) is 1. The Morgan fingerprint density at radius 1 is 1.13 bits per heavy atom. The molecule has 2 aromatic rings. The fourth-order valence-electron chi connectivity index (χ4n) is 5.45. The number of piperidine rings is 2. The van der Waals surface area contributed by atoms with E-state index in [1.807, 2.05) is 24.3 Å². The van der Waals surface area contributed by atoms with Crippen molar-refractivity contribution in [3.8, 4) is 17.2 Å². The second kappa shape index (κ2) is 7.27. The Bertz CT molecular complexity index is 1050. The minimum Gasteiger partial charge on any atom is -0.496 e. The molecule has 3 aliphatic heterocycles. The van der Waals surface area contributed by atoms with Crippen LogP contribution < -0.4 is 19.5 Å². The lowest BCUT2D eigenvalue weighted by Crippen LogP contribution is -2.72. The normalized spacial score (nSPS) is 29.1. The van der Waals surface area contributed by atoms with Gasteiger partial charge in [-0.2, -0.15) is 0 Å². The molecule has 2 aromatic carbocycles. The Morgan fingerprint density at radius 3 is 2.65 bits per heavy atom. The Balaban J connectivity index is 1.68. The highest BCUT2D eigenvalue weighted by molar-refractivity contribution is 6.13. The van der Waals surface area contributed by atoms with Crippen LogP contribution in [-0.4, -0.2) is 56.7 Å². The van der Waals surface area contributed by atoms with Crippen molar-refractivity contribution >= 4 is 11.7 Å². The molecule has 3 aliphatic rings. The number of carbonyl (C=O) groups excluding carboxylic acids is 2. The molecule has 0 unspecified atom stereocenters. The third kappa shape index (κ3) is 2.91. The fourth-order valence-corrected chi connectivity index (χ4v) is 5.45. The van der Waals surface area contributed by atoms with Gasteiger partial charge < -0.3 is 24.4 Å². The monoisotopic (exact) mass is 422 g/mol. The maximum atomic E-state index is 13.8. The molecule has 3 heterocycles. The molecule has 0 spiro atoms. The molecule has 162 valence electrons. The lowest BCUT2D eigenvalue weighted by atomic mass is 9.63. The number of fused-ring (bicyclic) bond motifs is 2. The molecule has 7 nitrogen and oxygen atoms in total. The van der Waals surface area contributed by atoms with Gasteiger partial charge in [-0.3, -0.25) is 9.59 Å². The minimum atomic E-state index is -0.879. The smallest absolute Gasteiger partial charge is 0.234 e. The van der Waals surface area contributed by atoms with Crippen molar-refractivity contribution in [2.45, 2.75) is 18.1 Å². The topological polar surface area (TPSA) is 77.1 Å². The van der Waals surface area contributed by atoms with Gasteiger partial charge in [0.05, 0.1) is 19.8 Å². The fraction of sp³-hybridized carbons (Fsp3) is 0.417. The number of nitrogens with one attached hydrogen (secondary N) is 1. The lowest BCUT2D eigenvalue weighted by Gasteiger charge is -2.57. The predicted octanol–water partition coefficient (Wildman–Crippen LogP) is 2.46. The molecule has 0 radical (unpaired) electrons. The second-order valence-corrected chi connectivity index (χ2v) is 8.55. The summed E-state index contributed by atoms with van der Waals surface area (Å²) in [5.74, 6) is -0.105. The first-order valence-corrected chi connectivity index (χ1v) is 10.5. The largest absolute Gasteiger partial charge is 0.496 e. The van der Waals surface area contributed by atoms with Crippen molar-refractivity contribution < 1.29 is 23.8 Å². The number of rotatable bonds is 4. The summed E-state index contributed by atoms with van der Waals surface area (Å²) in [5.41, 5.74) is 0.420. The van der Waals surface area contributed by atoms with Crippen LogP contribution in [0.4, 0.5) is 0 Å². The van der Waals surface area contributed by atoms with Crippen LogP contribution in [0.3, 0.4) is 0 Å². The Labute approximate surface area is 181 Å². The van der Waals surface area contributed by atoms with E-state index in [1.54, 1.807) is 25.3 Å². The molecule has 2 fully saturated rings. The van der Waals surface area contributed by atoms with Crippen LogP contribution in [0.25, 0.3) is 0 Å². The van der Waals surface area contributed by atoms with Gasteiger partial charge in [-0.25, -0.2) is 0 Å². The predicted molar refractivity (Wildman–Crippen MR) is 114 cm³/mol. The zero-order valence-corrected chi connectivity index (χ0v) is 17.9. The molecular weight excluding hydrogens is 396 g/mol. The quantitative estimate of drug-likeness (QED) is 0.603. The van der Waals surface area contributed by atoms with E-state index in [9.17, 15) is 9.59 Å². The summed E-state index contributed by atoms with van der Waals surface area (Å²) >= 11 is 0. The molecule has 4 atom stereocenters.